The van der Waals surface area contributed by atoms with Crippen LogP contribution in [0.25, 0.3) is 16.6 Å². The van der Waals surface area contributed by atoms with Crippen molar-refractivity contribution in [3.05, 3.63) is 84.1 Å². The number of hydrogen-bond acceptors (Lipinski definition) is 4. The third-order valence-corrected chi connectivity index (χ3v) is 4.71. The molecule has 0 spiro atoms. The smallest absolute Gasteiger partial charge is 0.162 e. The van der Waals surface area contributed by atoms with Crippen LogP contribution in [0, 0.1) is 6.92 Å². The monoisotopic (exact) mass is 369 g/mol. The highest BCUT2D eigenvalue weighted by Crippen LogP contribution is 2.41. The molecule has 1 heterocycles. The number of aromatic nitrogens is 1. The van der Waals surface area contributed by atoms with Crippen LogP contribution < -0.4 is 0 Å². The average molecular weight is 369 g/mol. The molecule has 0 aliphatic carbocycles. The summed E-state index contributed by atoms with van der Waals surface area (Å²) < 4.78 is 2.01. The number of carbonyl (C=O) groups excluding carboxylic acids is 1. The van der Waals surface area contributed by atoms with E-state index in [1.165, 1.54) is 6.92 Å². The van der Waals surface area contributed by atoms with Gasteiger partial charge in [0.15, 0.2) is 5.78 Å². The van der Waals surface area contributed by atoms with Gasteiger partial charge in [-0.25, -0.2) is 0 Å². The summed E-state index contributed by atoms with van der Waals surface area (Å²) in [5.74, 6) is -0.0983. The number of fused-ring (bicyclic) bond motifs is 1. The second-order valence-corrected chi connectivity index (χ2v) is 6.55. The Morgan fingerprint density at radius 1 is 0.893 bits per heavy atom. The van der Waals surface area contributed by atoms with Crippen molar-refractivity contribution in [1.82, 2.24) is 4.57 Å². The van der Waals surface area contributed by atoms with Gasteiger partial charge in [0, 0.05) is 22.3 Å². The molecule has 0 atom stereocenters. The quantitative estimate of drug-likeness (QED) is 0.341. The van der Waals surface area contributed by atoms with E-state index in [-0.39, 0.29) is 11.5 Å². The lowest BCUT2D eigenvalue weighted by atomic mass is 10.1. The van der Waals surface area contributed by atoms with Crippen LogP contribution in [0.1, 0.15) is 23.0 Å². The van der Waals surface area contributed by atoms with E-state index in [9.17, 15) is 9.90 Å². The van der Waals surface area contributed by atoms with Gasteiger partial charge in [-0.15, -0.1) is 5.11 Å². The van der Waals surface area contributed by atoms with Crippen molar-refractivity contribution in [3.8, 4) is 11.4 Å². The number of azo groups is 1. The van der Waals surface area contributed by atoms with Gasteiger partial charge in [0.25, 0.3) is 0 Å². The third kappa shape index (κ3) is 2.97. The minimum Gasteiger partial charge on any atom is -0.506 e. The van der Waals surface area contributed by atoms with Gasteiger partial charge in [-0.2, -0.15) is 5.11 Å². The van der Waals surface area contributed by atoms with E-state index in [1.807, 2.05) is 72.2 Å². The van der Waals surface area contributed by atoms with Gasteiger partial charge in [0.2, 0.25) is 0 Å². The number of carbonyl (C=O) groups is 1. The highest BCUT2D eigenvalue weighted by atomic mass is 16.3. The van der Waals surface area contributed by atoms with Crippen molar-refractivity contribution in [2.24, 2.45) is 10.2 Å². The Morgan fingerprint density at radius 2 is 1.54 bits per heavy atom. The number of phenols is 1. The molecule has 3 aromatic carbocycles. The Bertz CT molecular complexity index is 1190. The molecule has 5 heteroatoms. The normalized spacial score (nSPS) is 11.4. The largest absolute Gasteiger partial charge is 0.506 e. The first-order chi connectivity index (χ1) is 13.6. The lowest BCUT2D eigenvalue weighted by Crippen LogP contribution is -1.99. The van der Waals surface area contributed by atoms with E-state index < -0.39 is 0 Å². The van der Waals surface area contributed by atoms with Crippen molar-refractivity contribution < 1.29 is 9.90 Å². The fraction of sp³-hybridized carbons (Fsp3) is 0.0870. The Morgan fingerprint density at radius 3 is 2.18 bits per heavy atom. The molecule has 138 valence electrons. The molecule has 0 fully saturated rings. The minimum absolute atomic E-state index is 0.0140. The minimum atomic E-state index is -0.0843. The molecule has 4 rings (SSSR count). The van der Waals surface area contributed by atoms with Crippen LogP contribution in [-0.2, 0) is 0 Å². The number of Topliss-reactive ketones (excluding diaryl/α,β-unsaturated/α-hetero) is 1. The first kappa shape index (κ1) is 17.7. The summed E-state index contributed by atoms with van der Waals surface area (Å²) in [5.41, 5.74) is 4.04. The first-order valence-corrected chi connectivity index (χ1v) is 8.98. The summed E-state index contributed by atoms with van der Waals surface area (Å²) in [4.78, 5) is 12.5. The maximum atomic E-state index is 12.5. The molecule has 0 unspecified atom stereocenters. The molecule has 4 aromatic rings. The van der Waals surface area contributed by atoms with Crippen LogP contribution in [-0.4, -0.2) is 15.5 Å². The Hall–Kier alpha value is -3.73. The fourth-order valence-corrected chi connectivity index (χ4v) is 3.52. The lowest BCUT2D eigenvalue weighted by molar-refractivity contribution is 0.101. The zero-order valence-corrected chi connectivity index (χ0v) is 15.6. The SMILES string of the molecule is CC(=O)c1c(C)n(-c2ccccc2)c2ccc(O)c(N=Nc3ccccc3)c12. The predicted molar refractivity (Wildman–Crippen MR) is 110 cm³/mol. The number of aromatic hydroxyl groups is 1. The van der Waals surface area contributed by atoms with Gasteiger partial charge in [-0.1, -0.05) is 36.4 Å². The van der Waals surface area contributed by atoms with Crippen LogP contribution >= 0.6 is 0 Å². The van der Waals surface area contributed by atoms with Gasteiger partial charge < -0.3 is 9.67 Å². The number of para-hydroxylation sites is 1. The zero-order valence-electron chi connectivity index (χ0n) is 15.6. The van der Waals surface area contributed by atoms with Gasteiger partial charge in [0.05, 0.1) is 11.2 Å². The summed E-state index contributed by atoms with van der Waals surface area (Å²) in [6.45, 7) is 3.43. The molecule has 0 saturated heterocycles. The van der Waals surface area contributed by atoms with Crippen molar-refractivity contribution in [3.63, 3.8) is 0 Å². The number of benzene rings is 3. The molecule has 0 bridgehead atoms. The first-order valence-electron chi connectivity index (χ1n) is 8.98. The highest BCUT2D eigenvalue weighted by molar-refractivity contribution is 6.13. The summed E-state index contributed by atoms with van der Waals surface area (Å²) >= 11 is 0. The zero-order chi connectivity index (χ0) is 19.7. The molecule has 1 aromatic heterocycles. The van der Waals surface area contributed by atoms with Crippen molar-refractivity contribution in [1.29, 1.82) is 0 Å². The van der Waals surface area contributed by atoms with Gasteiger partial charge in [-0.3, -0.25) is 4.79 Å². The molecule has 0 amide bonds. The van der Waals surface area contributed by atoms with E-state index in [1.54, 1.807) is 12.1 Å². The Balaban J connectivity index is 2.02. The predicted octanol–water partition coefficient (Wildman–Crippen LogP) is 6.26. The summed E-state index contributed by atoms with van der Waals surface area (Å²) in [7, 11) is 0. The number of hydrogen-bond donors (Lipinski definition) is 1. The van der Waals surface area contributed by atoms with Crippen LogP contribution in [0.5, 0.6) is 5.75 Å². The fourth-order valence-electron chi connectivity index (χ4n) is 3.52. The lowest BCUT2D eigenvalue weighted by Gasteiger charge is -2.08. The molecular formula is C23H19N3O2. The molecule has 0 aliphatic rings. The molecule has 0 radical (unpaired) electrons. The van der Waals surface area contributed by atoms with Gasteiger partial charge >= 0.3 is 0 Å². The molecular weight excluding hydrogens is 350 g/mol. The third-order valence-electron chi connectivity index (χ3n) is 4.71. The van der Waals surface area contributed by atoms with Crippen LogP contribution in [0.2, 0.25) is 0 Å². The average Bonchev–Trinajstić information content (AvgIpc) is 3.01. The second-order valence-electron chi connectivity index (χ2n) is 6.55. The van der Waals surface area contributed by atoms with E-state index in [0.29, 0.717) is 22.3 Å². The highest BCUT2D eigenvalue weighted by Gasteiger charge is 2.23. The Labute approximate surface area is 162 Å². The number of nitrogens with zero attached hydrogens (tertiary/aromatic N) is 3. The van der Waals surface area contributed by atoms with E-state index in [4.69, 9.17) is 0 Å². The second kappa shape index (κ2) is 7.12. The topological polar surface area (TPSA) is 67.0 Å². The number of ketones is 1. The summed E-state index contributed by atoms with van der Waals surface area (Å²) in [6.07, 6.45) is 0. The number of phenolic OH excluding ortho intramolecular Hbond substituents is 1. The van der Waals surface area contributed by atoms with Crippen molar-refractivity contribution >= 4 is 28.1 Å². The Kier molecular flexibility index (Phi) is 4.49. The molecule has 1 N–H and O–H groups in total. The molecule has 5 nitrogen and oxygen atoms in total. The maximum absolute atomic E-state index is 12.5. The molecule has 0 aliphatic heterocycles. The standard InChI is InChI=1S/C23H19N3O2/c1-15-21(16(2)27)22-19(26(15)18-11-7-4-8-12-18)13-14-20(28)23(22)25-24-17-9-5-3-6-10-17/h3-14,28H,1-2H3. The van der Waals surface area contributed by atoms with E-state index in [0.717, 1.165) is 16.9 Å². The van der Waals surface area contributed by atoms with Crippen LogP contribution in [0.4, 0.5) is 11.4 Å². The van der Waals surface area contributed by atoms with Gasteiger partial charge in [-0.05, 0) is 50.2 Å². The van der Waals surface area contributed by atoms with Crippen LogP contribution in [0.15, 0.2) is 83.0 Å². The molecule has 0 saturated carbocycles. The van der Waals surface area contributed by atoms with Crippen LogP contribution in [0.3, 0.4) is 0 Å². The maximum Gasteiger partial charge on any atom is 0.162 e. The van der Waals surface area contributed by atoms with E-state index in [2.05, 4.69) is 10.2 Å². The molecule has 28 heavy (non-hydrogen) atoms. The number of rotatable bonds is 4. The summed E-state index contributed by atoms with van der Waals surface area (Å²) in [6, 6.07) is 22.5. The van der Waals surface area contributed by atoms with E-state index >= 15 is 0 Å². The van der Waals surface area contributed by atoms with Crippen molar-refractivity contribution in [2.45, 2.75) is 13.8 Å². The van der Waals surface area contributed by atoms with Gasteiger partial charge in [0.1, 0.15) is 11.4 Å². The summed E-state index contributed by atoms with van der Waals surface area (Å²) in [5, 5.41) is 19.6. The van der Waals surface area contributed by atoms with Crippen molar-refractivity contribution in [2.75, 3.05) is 0 Å².